The molecule has 0 saturated heterocycles. The molecule has 1 aliphatic carbocycles. The molecule has 0 bridgehead atoms. The van der Waals surface area contributed by atoms with Gasteiger partial charge in [0.1, 0.15) is 15.6 Å². The molecular weight excluding hydrogens is 430 g/mol. The molecule has 27 heavy (non-hydrogen) atoms. The molecule has 2 aromatic carbocycles. The van der Waals surface area contributed by atoms with Crippen molar-refractivity contribution in [1.82, 2.24) is 0 Å². The van der Waals surface area contributed by atoms with Crippen LogP contribution in [0.2, 0.25) is 5.02 Å². The number of alkyl halides is 2. The predicted molar refractivity (Wildman–Crippen MR) is 92.8 cm³/mol. The molecule has 3 rings (SSSR count). The van der Waals surface area contributed by atoms with Crippen LogP contribution in [0.4, 0.5) is 13.2 Å². The van der Waals surface area contributed by atoms with E-state index in [9.17, 15) is 22.8 Å². The highest BCUT2D eigenvalue weighted by atomic mass is 35.5. The third kappa shape index (κ3) is 2.68. The Bertz CT molecular complexity index is 999. The predicted octanol–water partition coefficient (Wildman–Crippen LogP) is 4.15. The highest BCUT2D eigenvalue weighted by Gasteiger charge is 2.81. The summed E-state index contributed by atoms with van der Waals surface area (Å²) in [6, 6.07) is 4.80. The van der Waals surface area contributed by atoms with Gasteiger partial charge in [0.25, 0.3) is 0 Å². The van der Waals surface area contributed by atoms with Gasteiger partial charge in [-0.05, 0) is 35.4 Å². The van der Waals surface area contributed by atoms with E-state index in [1.807, 2.05) is 0 Å². The normalized spacial score (nSPS) is 23.1. The van der Waals surface area contributed by atoms with E-state index in [0.29, 0.717) is 6.07 Å². The molecule has 142 valence electrons. The summed E-state index contributed by atoms with van der Waals surface area (Å²) >= 11 is 18.3. The Hall–Kier alpha value is -1.96. The van der Waals surface area contributed by atoms with Crippen LogP contribution in [0.15, 0.2) is 30.3 Å². The summed E-state index contributed by atoms with van der Waals surface area (Å²) in [5.41, 5.74) is 2.38. The number of carboxylic acids is 1. The van der Waals surface area contributed by atoms with Crippen molar-refractivity contribution < 1.29 is 27.9 Å². The lowest BCUT2D eigenvalue weighted by molar-refractivity contribution is -0.120. The monoisotopic (exact) mass is 437 g/mol. The molecule has 0 aromatic heterocycles. The van der Waals surface area contributed by atoms with Crippen molar-refractivity contribution in [3.05, 3.63) is 69.5 Å². The van der Waals surface area contributed by atoms with Crippen molar-refractivity contribution in [2.75, 3.05) is 0 Å². The second-order valence-corrected chi connectivity index (χ2v) is 7.82. The second-order valence-electron chi connectivity index (χ2n) is 6.03. The molecule has 10 heteroatoms. The summed E-state index contributed by atoms with van der Waals surface area (Å²) < 4.78 is 39.2. The number of benzene rings is 2. The first-order valence-corrected chi connectivity index (χ1v) is 8.45. The fraction of sp³-hybridized carbons (Fsp3) is 0.176. The first-order valence-electron chi connectivity index (χ1n) is 7.31. The standard InChI is InChI=1S/C17H9Cl3F3NO3/c18-9-3-6(1-2-10(9)21)13-16(15(24)27,17(13,19)20)7-4-8(14(25)26)12(23)11(22)5-7/h1-5,13H,(H2,24,27)(H,25,26). The zero-order chi connectivity index (χ0) is 20.3. The maximum absolute atomic E-state index is 14.0. The van der Waals surface area contributed by atoms with E-state index in [1.165, 1.54) is 12.1 Å². The Morgan fingerprint density at radius 2 is 1.70 bits per heavy atom. The minimum atomic E-state index is -1.98. The Morgan fingerprint density at radius 3 is 2.22 bits per heavy atom. The Kier molecular flexibility index (Phi) is 4.61. The highest BCUT2D eigenvalue weighted by molar-refractivity contribution is 6.55. The van der Waals surface area contributed by atoms with Crippen molar-refractivity contribution in [1.29, 1.82) is 0 Å². The number of aromatic carboxylic acids is 1. The van der Waals surface area contributed by atoms with Crippen molar-refractivity contribution in [3.8, 4) is 0 Å². The van der Waals surface area contributed by atoms with Crippen LogP contribution in [-0.2, 0) is 10.2 Å². The highest BCUT2D eigenvalue weighted by Crippen LogP contribution is 2.74. The van der Waals surface area contributed by atoms with E-state index in [1.54, 1.807) is 0 Å². The van der Waals surface area contributed by atoms with Crippen LogP contribution in [0.1, 0.15) is 27.4 Å². The van der Waals surface area contributed by atoms with Crippen molar-refractivity contribution in [2.45, 2.75) is 15.7 Å². The molecule has 2 unspecified atom stereocenters. The van der Waals surface area contributed by atoms with Gasteiger partial charge in [-0.1, -0.05) is 40.9 Å². The van der Waals surface area contributed by atoms with Gasteiger partial charge in [-0.15, -0.1) is 0 Å². The first kappa shape index (κ1) is 19.8. The molecule has 0 heterocycles. The molecule has 1 amide bonds. The van der Waals surface area contributed by atoms with Gasteiger partial charge in [0, 0.05) is 5.92 Å². The van der Waals surface area contributed by atoms with Gasteiger partial charge in [-0.2, -0.15) is 0 Å². The van der Waals surface area contributed by atoms with E-state index in [0.717, 1.165) is 12.1 Å². The number of carboxylic acid groups (broad SMARTS) is 1. The zero-order valence-electron chi connectivity index (χ0n) is 13.1. The molecule has 0 radical (unpaired) electrons. The van der Waals surface area contributed by atoms with E-state index in [4.69, 9.17) is 45.6 Å². The Morgan fingerprint density at radius 1 is 1.07 bits per heavy atom. The summed E-state index contributed by atoms with van der Waals surface area (Å²) in [5.74, 6) is -7.82. The maximum Gasteiger partial charge on any atom is 0.338 e. The van der Waals surface area contributed by atoms with Crippen LogP contribution in [-0.4, -0.2) is 21.3 Å². The van der Waals surface area contributed by atoms with Crippen LogP contribution in [0.3, 0.4) is 0 Å². The number of carbonyl (C=O) groups excluding carboxylic acids is 1. The largest absolute Gasteiger partial charge is 0.478 e. The van der Waals surface area contributed by atoms with Gasteiger partial charge in [0.05, 0.1) is 10.6 Å². The SMILES string of the molecule is NC(=O)C1(c2cc(F)c(F)c(C(=O)O)c2)C(c2ccc(F)c(Cl)c2)C1(Cl)Cl. The molecule has 1 aliphatic rings. The van der Waals surface area contributed by atoms with Gasteiger partial charge < -0.3 is 10.8 Å². The molecule has 4 nitrogen and oxygen atoms in total. The number of nitrogens with two attached hydrogens (primary N) is 1. The van der Waals surface area contributed by atoms with Gasteiger partial charge in [0.15, 0.2) is 11.6 Å². The summed E-state index contributed by atoms with van der Waals surface area (Å²) in [6.07, 6.45) is 0. The smallest absolute Gasteiger partial charge is 0.338 e. The number of hydrogen-bond acceptors (Lipinski definition) is 2. The minimum Gasteiger partial charge on any atom is -0.478 e. The molecule has 2 aromatic rings. The Balaban J connectivity index is 2.25. The lowest BCUT2D eigenvalue weighted by atomic mass is 9.88. The molecule has 0 spiro atoms. The van der Waals surface area contributed by atoms with Gasteiger partial charge in [-0.25, -0.2) is 18.0 Å². The van der Waals surface area contributed by atoms with E-state index < -0.39 is 50.6 Å². The van der Waals surface area contributed by atoms with Crippen LogP contribution in [0.25, 0.3) is 0 Å². The lowest BCUT2D eigenvalue weighted by Gasteiger charge is -2.16. The van der Waals surface area contributed by atoms with Gasteiger partial charge in [0.2, 0.25) is 5.91 Å². The minimum absolute atomic E-state index is 0.215. The number of amides is 1. The van der Waals surface area contributed by atoms with Crippen LogP contribution in [0.5, 0.6) is 0 Å². The molecule has 3 N–H and O–H groups in total. The number of primary amides is 1. The number of rotatable bonds is 4. The molecule has 2 atom stereocenters. The quantitative estimate of drug-likeness (QED) is 0.704. The van der Waals surface area contributed by atoms with E-state index >= 15 is 0 Å². The molecule has 1 saturated carbocycles. The van der Waals surface area contributed by atoms with E-state index in [2.05, 4.69) is 0 Å². The fourth-order valence-corrected chi connectivity index (χ4v) is 4.62. The topological polar surface area (TPSA) is 80.4 Å². The third-order valence-corrected chi connectivity index (χ3v) is 5.94. The van der Waals surface area contributed by atoms with Crippen LogP contribution in [0, 0.1) is 17.5 Å². The number of carbonyl (C=O) groups is 2. The Labute approximate surface area is 165 Å². The second kappa shape index (κ2) is 6.29. The average molecular weight is 439 g/mol. The molecule has 1 fully saturated rings. The van der Waals surface area contributed by atoms with Crippen LogP contribution < -0.4 is 5.73 Å². The third-order valence-electron chi connectivity index (χ3n) is 4.62. The summed E-state index contributed by atoms with van der Waals surface area (Å²) in [7, 11) is 0. The van der Waals surface area contributed by atoms with E-state index in [-0.39, 0.29) is 16.1 Å². The van der Waals surface area contributed by atoms with Gasteiger partial charge in [-0.3, -0.25) is 4.79 Å². The summed E-state index contributed by atoms with van der Waals surface area (Å²) in [6.45, 7) is 0. The van der Waals surface area contributed by atoms with Crippen molar-refractivity contribution >= 4 is 46.7 Å². The number of hydrogen-bond donors (Lipinski definition) is 2. The van der Waals surface area contributed by atoms with Crippen molar-refractivity contribution in [3.63, 3.8) is 0 Å². The first-order chi connectivity index (χ1) is 12.5. The molecular formula is C17H9Cl3F3NO3. The lowest BCUT2D eigenvalue weighted by Crippen LogP contribution is -2.34. The van der Waals surface area contributed by atoms with Crippen molar-refractivity contribution in [2.24, 2.45) is 5.73 Å². The summed E-state index contributed by atoms with van der Waals surface area (Å²) in [4.78, 5) is 23.5. The summed E-state index contributed by atoms with van der Waals surface area (Å²) in [5, 5.41) is 8.79. The number of halogens is 6. The fourth-order valence-electron chi connectivity index (χ4n) is 3.34. The maximum atomic E-state index is 14.0. The van der Waals surface area contributed by atoms with Gasteiger partial charge >= 0.3 is 5.97 Å². The van der Waals surface area contributed by atoms with Crippen LogP contribution >= 0.6 is 34.8 Å². The zero-order valence-corrected chi connectivity index (χ0v) is 15.3. The average Bonchev–Trinajstić information content (AvgIpc) is 3.10. The molecule has 0 aliphatic heterocycles.